The van der Waals surface area contributed by atoms with Crippen LogP contribution in [0, 0.1) is 0 Å². The maximum absolute atomic E-state index is 12.2. The van der Waals surface area contributed by atoms with Crippen LogP contribution < -0.4 is 0 Å². The van der Waals surface area contributed by atoms with Gasteiger partial charge in [-0.3, -0.25) is 19.2 Å². The summed E-state index contributed by atoms with van der Waals surface area (Å²) >= 11 is 0. The third kappa shape index (κ3) is 2.38. The summed E-state index contributed by atoms with van der Waals surface area (Å²) in [5.41, 5.74) is 1.42. The Balaban J connectivity index is 1.65. The predicted octanol–water partition coefficient (Wildman–Crippen LogP) is 1.75. The van der Waals surface area contributed by atoms with E-state index in [9.17, 15) is 19.2 Å². The molecule has 9 heteroatoms. The number of rotatable bonds is 2. The van der Waals surface area contributed by atoms with Gasteiger partial charge in [-0.2, -0.15) is 0 Å². The van der Waals surface area contributed by atoms with Crippen LogP contribution in [0.4, 0.5) is 0 Å². The Morgan fingerprint density at radius 3 is 1.40 bits per heavy atom. The molecule has 0 N–H and O–H groups in total. The van der Waals surface area contributed by atoms with Crippen molar-refractivity contribution in [3.8, 4) is 23.0 Å². The monoisotopic (exact) mass is 399 g/mol. The van der Waals surface area contributed by atoms with Crippen LogP contribution in [0.15, 0.2) is 42.5 Å². The quantitative estimate of drug-likeness (QED) is 0.644. The number of carbonyl (C=O) groups excluding carboxylic acids is 4. The SMILES string of the molecule is Cn1c(-c2cccc(-c3nc4c(n3C)C(=O)C=CC4=O)n2)nc2c1C(=O)C=CC2=O. The Bertz CT molecular complexity index is 1290. The van der Waals surface area contributed by atoms with Crippen LogP contribution in [0.1, 0.15) is 42.0 Å². The van der Waals surface area contributed by atoms with Gasteiger partial charge in [0.05, 0.1) is 0 Å². The lowest BCUT2D eigenvalue weighted by atomic mass is 10.1. The maximum Gasteiger partial charge on any atom is 0.206 e. The summed E-state index contributed by atoms with van der Waals surface area (Å²) in [6.07, 6.45) is 4.85. The van der Waals surface area contributed by atoms with E-state index in [1.54, 1.807) is 32.3 Å². The van der Waals surface area contributed by atoms with Crippen molar-refractivity contribution in [2.45, 2.75) is 0 Å². The second-order valence-corrected chi connectivity index (χ2v) is 6.92. The predicted molar refractivity (Wildman–Crippen MR) is 104 cm³/mol. The van der Waals surface area contributed by atoms with E-state index >= 15 is 0 Å². The number of aromatic nitrogens is 5. The fourth-order valence-electron chi connectivity index (χ4n) is 3.67. The number of hydrogen-bond acceptors (Lipinski definition) is 7. The molecular weight excluding hydrogens is 386 g/mol. The van der Waals surface area contributed by atoms with Crippen LogP contribution in [0.2, 0.25) is 0 Å². The number of pyridine rings is 1. The van der Waals surface area contributed by atoms with Crippen molar-refractivity contribution in [1.29, 1.82) is 0 Å². The Morgan fingerprint density at radius 1 is 0.600 bits per heavy atom. The zero-order valence-corrected chi connectivity index (χ0v) is 15.9. The van der Waals surface area contributed by atoms with Crippen molar-refractivity contribution in [2.75, 3.05) is 0 Å². The van der Waals surface area contributed by atoms with Gasteiger partial charge in [-0.25, -0.2) is 15.0 Å². The molecule has 0 saturated carbocycles. The second kappa shape index (κ2) is 6.11. The van der Waals surface area contributed by atoms with Crippen LogP contribution in [0.5, 0.6) is 0 Å². The van der Waals surface area contributed by atoms with Gasteiger partial charge in [0.15, 0.2) is 11.6 Å². The number of ketones is 4. The van der Waals surface area contributed by atoms with Gasteiger partial charge >= 0.3 is 0 Å². The molecule has 2 aliphatic rings. The average Bonchev–Trinajstić information content (AvgIpc) is 3.27. The molecule has 0 aliphatic heterocycles. The van der Waals surface area contributed by atoms with Crippen LogP contribution in [0.3, 0.4) is 0 Å². The van der Waals surface area contributed by atoms with Crippen LogP contribution in [0.25, 0.3) is 23.0 Å². The molecule has 3 heterocycles. The molecule has 0 atom stereocenters. The molecule has 3 aromatic heterocycles. The Morgan fingerprint density at radius 2 is 1.00 bits per heavy atom. The first kappa shape index (κ1) is 17.8. The molecule has 3 aromatic rings. The summed E-state index contributed by atoms with van der Waals surface area (Å²) < 4.78 is 3.07. The molecule has 9 nitrogen and oxygen atoms in total. The molecule has 30 heavy (non-hydrogen) atoms. The van der Waals surface area contributed by atoms with Gasteiger partial charge in [0.25, 0.3) is 0 Å². The minimum Gasteiger partial charge on any atom is -0.322 e. The molecule has 0 bridgehead atoms. The van der Waals surface area contributed by atoms with Gasteiger partial charge in [-0.15, -0.1) is 0 Å². The first-order valence-corrected chi connectivity index (χ1v) is 9.01. The highest BCUT2D eigenvalue weighted by Crippen LogP contribution is 2.27. The first-order valence-electron chi connectivity index (χ1n) is 9.01. The van der Waals surface area contributed by atoms with Crippen molar-refractivity contribution in [3.05, 3.63) is 65.3 Å². The van der Waals surface area contributed by atoms with Gasteiger partial charge in [0.1, 0.15) is 34.2 Å². The smallest absolute Gasteiger partial charge is 0.206 e. The highest BCUT2D eigenvalue weighted by Gasteiger charge is 2.29. The number of allylic oxidation sites excluding steroid dienone is 4. The largest absolute Gasteiger partial charge is 0.322 e. The van der Waals surface area contributed by atoms with Gasteiger partial charge < -0.3 is 9.13 Å². The van der Waals surface area contributed by atoms with Crippen molar-refractivity contribution in [2.24, 2.45) is 14.1 Å². The molecule has 0 fully saturated rings. The van der Waals surface area contributed by atoms with Crippen molar-refractivity contribution < 1.29 is 19.2 Å². The number of imidazole rings is 2. The molecule has 0 spiro atoms. The van der Waals surface area contributed by atoms with E-state index < -0.39 is 0 Å². The number of nitrogens with zero attached hydrogens (tertiary/aromatic N) is 5. The summed E-state index contributed by atoms with van der Waals surface area (Å²) in [4.78, 5) is 61.9. The van der Waals surface area contributed by atoms with Crippen LogP contribution >= 0.6 is 0 Å². The first-order chi connectivity index (χ1) is 14.4. The zero-order valence-electron chi connectivity index (χ0n) is 15.9. The lowest BCUT2D eigenvalue weighted by Crippen LogP contribution is -2.14. The Kier molecular flexibility index (Phi) is 3.63. The fourth-order valence-corrected chi connectivity index (χ4v) is 3.67. The van der Waals surface area contributed by atoms with Crippen molar-refractivity contribution in [1.82, 2.24) is 24.1 Å². The zero-order chi connectivity index (χ0) is 21.2. The molecule has 0 saturated heterocycles. The third-order valence-electron chi connectivity index (χ3n) is 5.10. The Labute approximate surface area is 169 Å². The summed E-state index contributed by atoms with van der Waals surface area (Å²) in [6, 6.07) is 5.11. The Hall–Kier alpha value is -4.27. The summed E-state index contributed by atoms with van der Waals surface area (Å²) in [5.74, 6) is -0.598. The second-order valence-electron chi connectivity index (χ2n) is 6.92. The normalized spacial score (nSPS) is 15.0. The van der Waals surface area contributed by atoms with Gasteiger partial charge in [-0.1, -0.05) is 6.07 Å². The van der Waals surface area contributed by atoms with E-state index in [1.165, 1.54) is 33.4 Å². The van der Waals surface area contributed by atoms with Crippen LogP contribution in [-0.4, -0.2) is 47.2 Å². The van der Waals surface area contributed by atoms with E-state index in [0.29, 0.717) is 23.0 Å². The van der Waals surface area contributed by atoms with Gasteiger partial charge in [0, 0.05) is 14.1 Å². The van der Waals surface area contributed by atoms with Gasteiger partial charge in [-0.05, 0) is 36.4 Å². The van der Waals surface area contributed by atoms with Crippen molar-refractivity contribution >= 4 is 23.1 Å². The molecule has 0 unspecified atom stereocenters. The molecule has 0 aromatic carbocycles. The summed E-state index contributed by atoms with van der Waals surface area (Å²) in [7, 11) is 3.28. The minimum atomic E-state index is -0.344. The molecule has 0 amide bonds. The van der Waals surface area contributed by atoms with Crippen molar-refractivity contribution in [3.63, 3.8) is 0 Å². The maximum atomic E-state index is 12.2. The van der Waals surface area contributed by atoms with E-state index in [2.05, 4.69) is 15.0 Å². The standard InChI is InChI=1S/C21H13N5O4/c1-25-18-14(29)8-6-12(27)16(18)23-20(25)10-4-3-5-11(22-10)21-24-17-13(28)7-9-15(30)19(17)26(21)2/h3-9H,1-2H3. The summed E-state index contributed by atoms with van der Waals surface area (Å²) in [5, 5.41) is 0. The average molecular weight is 399 g/mol. The number of hydrogen-bond donors (Lipinski definition) is 0. The molecular formula is C21H13N5O4. The van der Waals surface area contributed by atoms with Crippen LogP contribution in [-0.2, 0) is 14.1 Å². The minimum absolute atomic E-state index is 0.0851. The van der Waals surface area contributed by atoms with E-state index in [4.69, 9.17) is 0 Å². The number of carbonyl (C=O) groups is 4. The molecule has 0 radical (unpaired) electrons. The highest BCUT2D eigenvalue weighted by molar-refractivity contribution is 6.21. The molecule has 2 aliphatic carbocycles. The fraction of sp³-hybridized carbons (Fsp3) is 0.0952. The highest BCUT2D eigenvalue weighted by atomic mass is 16.1. The lowest BCUT2D eigenvalue weighted by molar-refractivity contribution is 0.0987. The topological polar surface area (TPSA) is 117 Å². The lowest BCUT2D eigenvalue weighted by Gasteiger charge is -2.08. The van der Waals surface area contributed by atoms with E-state index in [1.807, 2.05) is 0 Å². The van der Waals surface area contributed by atoms with Gasteiger partial charge in [0.2, 0.25) is 23.1 Å². The number of fused-ring (bicyclic) bond motifs is 2. The molecule has 146 valence electrons. The van der Waals surface area contributed by atoms with E-state index in [-0.39, 0.29) is 45.9 Å². The third-order valence-corrected chi connectivity index (χ3v) is 5.10. The molecule has 5 rings (SSSR count). The van der Waals surface area contributed by atoms with E-state index in [0.717, 1.165) is 0 Å². The summed E-state index contributed by atoms with van der Waals surface area (Å²) in [6.45, 7) is 0.